The molecule has 0 saturated carbocycles. The van der Waals surface area contributed by atoms with Crippen LogP contribution in [0.1, 0.15) is 19.4 Å². The van der Waals surface area contributed by atoms with E-state index in [1.807, 2.05) is 0 Å². The fraction of sp³-hybridized carbons (Fsp3) is 0.538. The zero-order valence-electron chi connectivity index (χ0n) is 11.8. The maximum absolute atomic E-state index is 10.5. The van der Waals surface area contributed by atoms with Gasteiger partial charge in [-0.05, 0) is 32.4 Å². The van der Waals surface area contributed by atoms with Crippen molar-refractivity contribution < 1.29 is 17.5 Å². The van der Waals surface area contributed by atoms with E-state index in [1.165, 1.54) is 25.2 Å². The Hall–Kier alpha value is -0.910. The molecule has 1 aromatic rings. The van der Waals surface area contributed by atoms with Crippen molar-refractivity contribution >= 4 is 10.1 Å². The van der Waals surface area contributed by atoms with Gasteiger partial charge in [-0.3, -0.25) is 0 Å². The highest BCUT2D eigenvalue weighted by Gasteiger charge is 2.04. The smallest absolute Gasteiger partial charge is 0.124 e. The molecule has 0 N–H and O–H groups in total. The van der Waals surface area contributed by atoms with Crippen molar-refractivity contribution in [2.75, 3.05) is 27.2 Å². The molecule has 0 aliphatic heterocycles. The Morgan fingerprint density at radius 1 is 1.11 bits per heavy atom. The number of quaternary nitrogens is 1. The predicted molar refractivity (Wildman–Crippen MR) is 72.3 cm³/mol. The molecule has 0 atom stereocenters. The Balaban J connectivity index is 0.000000360. The summed E-state index contributed by atoms with van der Waals surface area (Å²) in [7, 11) is 0.189. The van der Waals surface area contributed by atoms with E-state index in [2.05, 4.69) is 27.9 Å². The first-order valence-electron chi connectivity index (χ1n) is 5.97. The van der Waals surface area contributed by atoms with Crippen LogP contribution >= 0.6 is 0 Å². The quantitative estimate of drug-likeness (QED) is 0.625. The summed E-state index contributed by atoms with van der Waals surface area (Å²) in [6, 6.07) is 6.10. The van der Waals surface area contributed by atoms with Gasteiger partial charge in [0.1, 0.15) is 10.1 Å². The molecular formula is C13H23NO3S. The molecule has 0 bridgehead atoms. The molecule has 0 radical (unpaired) electrons. The van der Waals surface area contributed by atoms with Crippen molar-refractivity contribution in [2.24, 2.45) is 0 Å². The van der Waals surface area contributed by atoms with E-state index in [4.69, 9.17) is 0 Å². The first kappa shape index (κ1) is 17.1. The molecule has 0 amide bonds. The van der Waals surface area contributed by atoms with Gasteiger partial charge >= 0.3 is 0 Å². The fourth-order valence-electron chi connectivity index (χ4n) is 1.06. The van der Waals surface area contributed by atoms with Crippen LogP contribution in [0.15, 0.2) is 29.2 Å². The van der Waals surface area contributed by atoms with Gasteiger partial charge in [0.15, 0.2) is 0 Å². The molecule has 0 heterocycles. The molecule has 0 saturated heterocycles. The van der Waals surface area contributed by atoms with E-state index in [0.29, 0.717) is 5.56 Å². The van der Waals surface area contributed by atoms with Gasteiger partial charge in [0.2, 0.25) is 0 Å². The van der Waals surface area contributed by atoms with Crippen molar-refractivity contribution in [1.29, 1.82) is 0 Å². The van der Waals surface area contributed by atoms with Crippen LogP contribution in [0.4, 0.5) is 0 Å². The van der Waals surface area contributed by atoms with E-state index in [0.717, 1.165) is 4.48 Å². The van der Waals surface area contributed by atoms with Crippen LogP contribution in [-0.2, 0) is 10.1 Å². The molecule has 1 rings (SSSR count). The van der Waals surface area contributed by atoms with Gasteiger partial charge < -0.3 is 9.04 Å². The van der Waals surface area contributed by atoms with Crippen LogP contribution in [0.5, 0.6) is 0 Å². The standard InChI is InChI=1S/C7H8O3S.C6H16N/c1-6-4-2-3-5-7(6)11(8,9)10;1-5-7(3,4)6-2/h2-5H,1H3,(H,8,9,10);5-6H2,1-4H3/q;+1/p-1. The topological polar surface area (TPSA) is 57.2 Å². The minimum atomic E-state index is -4.28. The lowest BCUT2D eigenvalue weighted by molar-refractivity contribution is -0.886. The summed E-state index contributed by atoms with van der Waals surface area (Å²) in [5.74, 6) is 0. The molecule has 0 unspecified atom stereocenters. The molecule has 0 fully saturated rings. The lowest BCUT2D eigenvalue weighted by atomic mass is 10.2. The summed E-state index contributed by atoms with van der Waals surface area (Å²) in [5, 5.41) is 0. The number of nitrogens with zero attached hydrogens (tertiary/aromatic N) is 1. The van der Waals surface area contributed by atoms with Gasteiger partial charge in [-0.25, -0.2) is 8.42 Å². The molecule has 18 heavy (non-hydrogen) atoms. The van der Waals surface area contributed by atoms with Crippen molar-refractivity contribution in [1.82, 2.24) is 0 Å². The molecule has 5 heteroatoms. The van der Waals surface area contributed by atoms with Crippen molar-refractivity contribution in [2.45, 2.75) is 25.7 Å². The van der Waals surface area contributed by atoms with E-state index in [9.17, 15) is 13.0 Å². The third-order valence-electron chi connectivity index (χ3n) is 3.08. The highest BCUT2D eigenvalue weighted by atomic mass is 32.2. The predicted octanol–water partition coefficient (Wildman–Crippen LogP) is 2.00. The normalized spacial score (nSPS) is 11.7. The highest BCUT2D eigenvalue weighted by Crippen LogP contribution is 2.12. The molecule has 0 aliphatic rings. The van der Waals surface area contributed by atoms with Gasteiger partial charge in [-0.15, -0.1) is 0 Å². The molecule has 0 aliphatic carbocycles. The Kier molecular flexibility index (Phi) is 6.52. The first-order valence-corrected chi connectivity index (χ1v) is 7.38. The summed E-state index contributed by atoms with van der Waals surface area (Å²) in [6.07, 6.45) is 0. The van der Waals surface area contributed by atoms with Gasteiger partial charge in [-0.1, -0.05) is 18.2 Å². The third-order valence-corrected chi connectivity index (χ3v) is 4.07. The summed E-state index contributed by atoms with van der Waals surface area (Å²) in [4.78, 5) is -0.139. The third kappa shape index (κ3) is 6.14. The minimum Gasteiger partial charge on any atom is -0.744 e. The van der Waals surface area contributed by atoms with Crippen LogP contribution < -0.4 is 0 Å². The zero-order chi connectivity index (χ0) is 14.4. The molecule has 0 aromatic heterocycles. The van der Waals surface area contributed by atoms with E-state index >= 15 is 0 Å². The Bertz CT molecular complexity index is 461. The molecule has 104 valence electrons. The highest BCUT2D eigenvalue weighted by molar-refractivity contribution is 7.85. The monoisotopic (exact) mass is 273 g/mol. The van der Waals surface area contributed by atoms with E-state index < -0.39 is 10.1 Å². The van der Waals surface area contributed by atoms with Crippen LogP contribution in [-0.4, -0.2) is 44.6 Å². The fourth-order valence-corrected chi connectivity index (χ4v) is 1.77. The van der Waals surface area contributed by atoms with E-state index in [1.54, 1.807) is 19.1 Å². The van der Waals surface area contributed by atoms with Crippen molar-refractivity contribution in [3.8, 4) is 0 Å². The summed E-state index contributed by atoms with van der Waals surface area (Å²) < 4.78 is 32.6. The van der Waals surface area contributed by atoms with Crippen molar-refractivity contribution in [3.63, 3.8) is 0 Å². The maximum Gasteiger partial charge on any atom is 0.124 e. The number of aryl methyl sites for hydroxylation is 1. The lowest BCUT2D eigenvalue weighted by Crippen LogP contribution is -2.38. The molecule has 0 spiro atoms. The second-order valence-electron chi connectivity index (χ2n) is 4.79. The van der Waals surface area contributed by atoms with Gasteiger partial charge in [0.25, 0.3) is 0 Å². The zero-order valence-corrected chi connectivity index (χ0v) is 12.6. The largest absolute Gasteiger partial charge is 0.744 e. The number of rotatable bonds is 3. The Morgan fingerprint density at radius 2 is 1.56 bits per heavy atom. The molecule has 1 aromatic carbocycles. The average Bonchev–Trinajstić information content (AvgIpc) is 2.29. The average molecular weight is 273 g/mol. The minimum absolute atomic E-state index is 0.139. The lowest BCUT2D eigenvalue weighted by Gasteiger charge is -2.25. The Morgan fingerprint density at radius 3 is 1.78 bits per heavy atom. The van der Waals surface area contributed by atoms with Crippen LogP contribution in [0.3, 0.4) is 0 Å². The number of benzene rings is 1. The Labute approximate surface area is 111 Å². The van der Waals surface area contributed by atoms with Crippen LogP contribution in [0.25, 0.3) is 0 Å². The number of hydrogen-bond donors (Lipinski definition) is 0. The van der Waals surface area contributed by atoms with Crippen molar-refractivity contribution in [3.05, 3.63) is 29.8 Å². The van der Waals surface area contributed by atoms with E-state index in [-0.39, 0.29) is 4.90 Å². The number of hydrogen-bond acceptors (Lipinski definition) is 3. The van der Waals surface area contributed by atoms with Gasteiger partial charge in [0, 0.05) is 0 Å². The molecular weight excluding hydrogens is 250 g/mol. The first-order chi connectivity index (χ1) is 8.14. The maximum atomic E-state index is 10.5. The summed E-state index contributed by atoms with van der Waals surface area (Å²) in [5.41, 5.74) is 0.488. The SMILES string of the molecule is CC[N+](C)(C)CC.Cc1ccccc1S(=O)(=O)[O-]. The van der Waals surface area contributed by atoms with Gasteiger partial charge in [0.05, 0.1) is 32.1 Å². The summed E-state index contributed by atoms with van der Waals surface area (Å²) >= 11 is 0. The van der Waals surface area contributed by atoms with Gasteiger partial charge in [-0.2, -0.15) is 0 Å². The molecule has 4 nitrogen and oxygen atoms in total. The van der Waals surface area contributed by atoms with Crippen LogP contribution in [0, 0.1) is 6.92 Å². The second kappa shape index (κ2) is 6.87. The summed E-state index contributed by atoms with van der Waals surface area (Å²) in [6.45, 7) is 8.48. The van der Waals surface area contributed by atoms with Crippen LogP contribution in [0.2, 0.25) is 0 Å². The second-order valence-corrected chi connectivity index (χ2v) is 6.14.